The Hall–Kier alpha value is -2.68. The van der Waals surface area contributed by atoms with Crippen LogP contribution in [-0.4, -0.2) is 31.1 Å². The van der Waals surface area contributed by atoms with Crippen LogP contribution in [0.25, 0.3) is 0 Å². The zero-order valence-electron chi connectivity index (χ0n) is 10.6. The van der Waals surface area contributed by atoms with E-state index in [1.54, 1.807) is 25.1 Å². The van der Waals surface area contributed by atoms with E-state index in [9.17, 15) is 9.18 Å². The molecule has 1 aromatic carbocycles. The molecule has 0 bridgehead atoms. The van der Waals surface area contributed by atoms with Crippen molar-refractivity contribution >= 4 is 12.1 Å². The van der Waals surface area contributed by atoms with Crippen molar-refractivity contribution in [3.8, 4) is 6.07 Å². The maximum absolute atomic E-state index is 12.6. The summed E-state index contributed by atoms with van der Waals surface area (Å²) < 4.78 is 12.6. The van der Waals surface area contributed by atoms with Gasteiger partial charge in [-0.3, -0.25) is 4.79 Å². The number of hydrazone groups is 1. The normalized spacial score (nSPS) is 11.2. The van der Waals surface area contributed by atoms with Crippen LogP contribution >= 0.6 is 0 Å². The maximum Gasteiger partial charge on any atom is 0.283 e. The molecule has 0 fully saturated rings. The molecule has 1 aromatic rings. The molecule has 0 aliphatic heterocycles. The number of nitriles is 1. The molecule has 0 saturated carbocycles. The molecule has 0 heterocycles. The molecule has 1 amide bonds. The lowest BCUT2D eigenvalue weighted by Crippen LogP contribution is -2.20. The predicted octanol–water partition coefficient (Wildman–Crippen LogP) is 1.24. The van der Waals surface area contributed by atoms with Crippen molar-refractivity contribution in [3.63, 3.8) is 0 Å². The van der Waals surface area contributed by atoms with Crippen LogP contribution in [0.1, 0.15) is 5.56 Å². The minimum atomic E-state index is -0.602. The van der Waals surface area contributed by atoms with E-state index < -0.39 is 5.91 Å². The van der Waals surface area contributed by atoms with Gasteiger partial charge >= 0.3 is 0 Å². The molecule has 1 N–H and O–H groups in total. The highest BCUT2D eigenvalue weighted by molar-refractivity contribution is 5.97. The first-order chi connectivity index (χ1) is 9.02. The second-order valence-corrected chi connectivity index (χ2v) is 3.87. The van der Waals surface area contributed by atoms with Gasteiger partial charge in [-0.15, -0.1) is 0 Å². The van der Waals surface area contributed by atoms with E-state index in [-0.39, 0.29) is 11.4 Å². The van der Waals surface area contributed by atoms with Crippen molar-refractivity contribution in [2.24, 2.45) is 5.10 Å². The van der Waals surface area contributed by atoms with Crippen LogP contribution in [0.2, 0.25) is 0 Å². The predicted molar refractivity (Wildman–Crippen MR) is 69.5 cm³/mol. The van der Waals surface area contributed by atoms with Crippen molar-refractivity contribution in [1.29, 1.82) is 5.26 Å². The van der Waals surface area contributed by atoms with E-state index in [1.165, 1.54) is 36.7 Å². The van der Waals surface area contributed by atoms with Gasteiger partial charge in [-0.05, 0) is 17.7 Å². The van der Waals surface area contributed by atoms with Crippen LogP contribution in [0.3, 0.4) is 0 Å². The van der Waals surface area contributed by atoms with Crippen LogP contribution in [0.4, 0.5) is 4.39 Å². The van der Waals surface area contributed by atoms with Gasteiger partial charge in [0.1, 0.15) is 17.5 Å². The SMILES string of the molecule is CN(C)/C=C(\C#N)C(=O)NN=Cc1ccc(F)cc1. The van der Waals surface area contributed by atoms with Gasteiger partial charge in [0, 0.05) is 20.3 Å². The number of benzene rings is 1. The monoisotopic (exact) mass is 260 g/mol. The van der Waals surface area contributed by atoms with E-state index in [0.717, 1.165) is 0 Å². The average molecular weight is 260 g/mol. The molecular weight excluding hydrogens is 247 g/mol. The summed E-state index contributed by atoms with van der Waals surface area (Å²) in [6, 6.07) is 7.39. The Morgan fingerprint density at radius 1 is 1.42 bits per heavy atom. The molecule has 1 rings (SSSR count). The standard InChI is InChI=1S/C13H13FN4O/c1-18(2)9-11(7-15)13(19)17-16-8-10-3-5-12(14)6-4-10/h3-6,8-9H,1-2H3,(H,17,19)/b11-9+,16-8?. The Morgan fingerprint density at radius 3 is 2.58 bits per heavy atom. The summed E-state index contributed by atoms with van der Waals surface area (Å²) in [5.74, 6) is -0.948. The Balaban J connectivity index is 2.64. The number of nitrogens with zero attached hydrogens (tertiary/aromatic N) is 3. The number of halogens is 1. The molecule has 19 heavy (non-hydrogen) atoms. The van der Waals surface area contributed by atoms with Crippen molar-refractivity contribution in [2.75, 3.05) is 14.1 Å². The summed E-state index contributed by atoms with van der Waals surface area (Å²) in [4.78, 5) is 13.1. The highest BCUT2D eigenvalue weighted by atomic mass is 19.1. The lowest BCUT2D eigenvalue weighted by Gasteiger charge is -2.05. The van der Waals surface area contributed by atoms with Gasteiger partial charge < -0.3 is 4.90 Å². The van der Waals surface area contributed by atoms with E-state index >= 15 is 0 Å². The van der Waals surface area contributed by atoms with Gasteiger partial charge in [-0.25, -0.2) is 9.82 Å². The van der Waals surface area contributed by atoms with E-state index in [0.29, 0.717) is 5.56 Å². The zero-order valence-corrected chi connectivity index (χ0v) is 10.6. The minimum Gasteiger partial charge on any atom is -0.382 e. The van der Waals surface area contributed by atoms with Crippen molar-refractivity contribution in [3.05, 3.63) is 47.4 Å². The van der Waals surface area contributed by atoms with Crippen LogP contribution < -0.4 is 5.43 Å². The highest BCUT2D eigenvalue weighted by Gasteiger charge is 2.07. The number of carbonyl (C=O) groups excluding carboxylic acids is 1. The van der Waals surface area contributed by atoms with Gasteiger partial charge in [0.2, 0.25) is 0 Å². The number of carbonyl (C=O) groups is 1. The largest absolute Gasteiger partial charge is 0.382 e. The third-order valence-corrected chi connectivity index (χ3v) is 2.00. The summed E-state index contributed by atoms with van der Waals surface area (Å²) in [7, 11) is 3.40. The molecule has 5 nitrogen and oxygen atoms in total. The van der Waals surface area contributed by atoms with Crippen LogP contribution in [0, 0.1) is 17.1 Å². The molecule has 0 aliphatic rings. The molecule has 0 saturated heterocycles. The number of hydrogen-bond acceptors (Lipinski definition) is 4. The van der Waals surface area contributed by atoms with Gasteiger partial charge in [-0.2, -0.15) is 10.4 Å². The van der Waals surface area contributed by atoms with Crippen molar-refractivity contribution in [2.45, 2.75) is 0 Å². The minimum absolute atomic E-state index is 0.0544. The summed E-state index contributed by atoms with van der Waals surface area (Å²) >= 11 is 0. The second-order valence-electron chi connectivity index (χ2n) is 3.87. The average Bonchev–Trinajstić information content (AvgIpc) is 2.38. The van der Waals surface area contributed by atoms with Gasteiger partial charge in [0.25, 0.3) is 5.91 Å². The fraction of sp³-hybridized carbons (Fsp3) is 0.154. The molecule has 0 aromatic heterocycles. The van der Waals surface area contributed by atoms with Crippen LogP contribution in [0.15, 0.2) is 41.1 Å². The van der Waals surface area contributed by atoms with Crippen molar-refractivity contribution < 1.29 is 9.18 Å². The summed E-state index contributed by atoms with van der Waals surface area (Å²) in [5, 5.41) is 12.5. The van der Waals surface area contributed by atoms with E-state index in [1.807, 2.05) is 0 Å². The molecule has 0 atom stereocenters. The molecule has 0 spiro atoms. The topological polar surface area (TPSA) is 68.5 Å². The number of hydrogen-bond donors (Lipinski definition) is 1. The quantitative estimate of drug-likeness (QED) is 0.383. The van der Waals surface area contributed by atoms with Gasteiger partial charge in [-0.1, -0.05) is 12.1 Å². The smallest absolute Gasteiger partial charge is 0.283 e. The summed E-state index contributed by atoms with van der Waals surface area (Å²) in [6.07, 6.45) is 2.75. The molecule has 6 heteroatoms. The maximum atomic E-state index is 12.6. The first kappa shape index (κ1) is 14.4. The summed E-state index contributed by atoms with van der Waals surface area (Å²) in [6.45, 7) is 0. The molecule has 0 radical (unpaired) electrons. The molecule has 98 valence electrons. The fourth-order valence-corrected chi connectivity index (χ4v) is 1.17. The highest BCUT2D eigenvalue weighted by Crippen LogP contribution is 1.99. The number of rotatable bonds is 4. The Morgan fingerprint density at radius 2 is 2.05 bits per heavy atom. The lowest BCUT2D eigenvalue weighted by molar-refractivity contribution is -0.117. The molecular formula is C13H13FN4O. The number of nitrogens with one attached hydrogen (secondary N) is 1. The Labute approximate surface area is 110 Å². The third kappa shape index (κ3) is 5.00. The number of amides is 1. The summed E-state index contributed by atoms with van der Waals surface area (Å²) in [5.41, 5.74) is 2.80. The lowest BCUT2D eigenvalue weighted by atomic mass is 10.2. The Bertz CT molecular complexity index is 541. The van der Waals surface area contributed by atoms with Crippen LogP contribution in [0.5, 0.6) is 0 Å². The van der Waals surface area contributed by atoms with E-state index in [4.69, 9.17) is 5.26 Å². The van der Waals surface area contributed by atoms with Gasteiger partial charge in [0.05, 0.1) is 6.21 Å². The first-order valence-corrected chi connectivity index (χ1v) is 5.40. The molecule has 0 unspecified atom stereocenters. The molecule has 0 aliphatic carbocycles. The van der Waals surface area contributed by atoms with Gasteiger partial charge in [0.15, 0.2) is 0 Å². The first-order valence-electron chi connectivity index (χ1n) is 5.40. The second kappa shape index (κ2) is 6.91. The van der Waals surface area contributed by atoms with Crippen LogP contribution in [-0.2, 0) is 4.79 Å². The zero-order chi connectivity index (χ0) is 14.3. The van der Waals surface area contributed by atoms with Crippen molar-refractivity contribution in [1.82, 2.24) is 10.3 Å². The van der Waals surface area contributed by atoms with E-state index in [2.05, 4.69) is 10.5 Å². The third-order valence-electron chi connectivity index (χ3n) is 2.00. The Kier molecular flexibility index (Phi) is 5.23. The fourth-order valence-electron chi connectivity index (χ4n) is 1.17.